The Hall–Kier alpha value is -3.87. The molecular formula is C20H15N7. The van der Waals surface area contributed by atoms with Crippen molar-refractivity contribution in [3.05, 3.63) is 66.6 Å². The number of H-pyrrole nitrogens is 1. The topological polar surface area (TPSA) is 92.3 Å². The van der Waals surface area contributed by atoms with E-state index in [1.807, 2.05) is 55.5 Å². The second-order valence-corrected chi connectivity index (χ2v) is 6.16. The minimum Gasteiger partial charge on any atom is -0.307 e. The number of aromatic nitrogens is 6. The number of benzene rings is 2. The van der Waals surface area contributed by atoms with E-state index in [0.29, 0.717) is 17.6 Å². The zero-order valence-corrected chi connectivity index (χ0v) is 14.5. The minimum absolute atomic E-state index is 0.466. The third-order valence-corrected chi connectivity index (χ3v) is 4.32. The van der Waals surface area contributed by atoms with Crippen molar-refractivity contribution in [1.29, 1.82) is 0 Å². The molecule has 3 heterocycles. The Labute approximate surface area is 154 Å². The van der Waals surface area contributed by atoms with Crippen LogP contribution in [-0.4, -0.2) is 30.1 Å². The van der Waals surface area contributed by atoms with Gasteiger partial charge in [0.2, 0.25) is 5.95 Å². The van der Waals surface area contributed by atoms with Crippen LogP contribution in [0.3, 0.4) is 0 Å². The Morgan fingerprint density at radius 3 is 2.52 bits per heavy atom. The molecule has 0 aliphatic heterocycles. The number of aryl methyl sites for hydroxylation is 1. The van der Waals surface area contributed by atoms with Crippen LogP contribution in [0.25, 0.3) is 33.2 Å². The average molecular weight is 353 g/mol. The molecule has 0 unspecified atom stereocenters. The molecule has 0 radical (unpaired) electrons. The van der Waals surface area contributed by atoms with Crippen molar-refractivity contribution in [2.75, 3.05) is 5.32 Å². The Balaban J connectivity index is 1.73. The van der Waals surface area contributed by atoms with Crippen molar-refractivity contribution >= 4 is 33.4 Å². The smallest absolute Gasteiger partial charge is 0.247 e. The van der Waals surface area contributed by atoms with Gasteiger partial charge in [0.15, 0.2) is 5.82 Å². The summed E-state index contributed by atoms with van der Waals surface area (Å²) in [4.78, 5) is 18.3. The van der Waals surface area contributed by atoms with Crippen molar-refractivity contribution in [3.63, 3.8) is 0 Å². The summed E-state index contributed by atoms with van der Waals surface area (Å²) in [5.41, 5.74) is 1.57. The highest BCUT2D eigenvalue weighted by Gasteiger charge is 2.14. The summed E-state index contributed by atoms with van der Waals surface area (Å²) < 4.78 is 0. The zero-order valence-electron chi connectivity index (χ0n) is 14.5. The van der Waals surface area contributed by atoms with Gasteiger partial charge in [0.25, 0.3) is 0 Å². The van der Waals surface area contributed by atoms with E-state index >= 15 is 0 Å². The first-order valence-electron chi connectivity index (χ1n) is 8.55. The maximum Gasteiger partial charge on any atom is 0.247 e. The van der Waals surface area contributed by atoms with Gasteiger partial charge in [-0.3, -0.25) is 10.1 Å². The second-order valence-electron chi connectivity index (χ2n) is 6.16. The first kappa shape index (κ1) is 15.4. The Morgan fingerprint density at radius 2 is 1.67 bits per heavy atom. The average Bonchev–Trinajstić information content (AvgIpc) is 3.12. The molecule has 0 amide bonds. The second kappa shape index (κ2) is 6.14. The van der Waals surface area contributed by atoms with Gasteiger partial charge < -0.3 is 5.32 Å². The molecule has 2 N–H and O–H groups in total. The maximum atomic E-state index is 4.75. The van der Waals surface area contributed by atoms with Gasteiger partial charge in [-0.05, 0) is 30.5 Å². The summed E-state index contributed by atoms with van der Waals surface area (Å²) in [6, 6.07) is 17.9. The Kier molecular flexibility index (Phi) is 3.50. The number of aromatic amines is 1. The molecule has 27 heavy (non-hydrogen) atoms. The number of para-hydroxylation sites is 1. The van der Waals surface area contributed by atoms with E-state index in [1.54, 1.807) is 6.20 Å². The first-order chi connectivity index (χ1) is 13.3. The lowest BCUT2D eigenvalue weighted by Gasteiger charge is -2.10. The highest BCUT2D eigenvalue weighted by Crippen LogP contribution is 2.29. The van der Waals surface area contributed by atoms with E-state index in [9.17, 15) is 0 Å². The highest BCUT2D eigenvalue weighted by molar-refractivity contribution is 5.96. The van der Waals surface area contributed by atoms with Crippen LogP contribution in [0.4, 0.5) is 11.8 Å². The standard InChI is InChI=1S/C20H15N7/c1-12-22-20(27-26-12)25-18-15-8-4-5-9-16(15)23-19(24-18)17-14-7-3-2-6-13(14)10-11-21-17/h2-11H,1H3,(H2,22,23,24,25,26,27). The van der Waals surface area contributed by atoms with Gasteiger partial charge in [0, 0.05) is 17.0 Å². The number of fused-ring (bicyclic) bond motifs is 2. The molecule has 130 valence electrons. The molecule has 5 aromatic rings. The summed E-state index contributed by atoms with van der Waals surface area (Å²) in [5.74, 6) is 2.39. The molecule has 0 spiro atoms. The molecule has 0 saturated heterocycles. The summed E-state index contributed by atoms with van der Waals surface area (Å²) in [6.45, 7) is 1.85. The van der Waals surface area contributed by atoms with Crippen molar-refractivity contribution in [2.45, 2.75) is 6.92 Å². The van der Waals surface area contributed by atoms with Crippen molar-refractivity contribution in [2.24, 2.45) is 0 Å². The van der Waals surface area contributed by atoms with Crippen LogP contribution in [0.2, 0.25) is 0 Å². The quantitative estimate of drug-likeness (QED) is 0.509. The molecular weight excluding hydrogens is 338 g/mol. The van der Waals surface area contributed by atoms with Crippen LogP contribution >= 0.6 is 0 Å². The van der Waals surface area contributed by atoms with E-state index in [2.05, 4.69) is 31.5 Å². The highest BCUT2D eigenvalue weighted by atomic mass is 15.3. The zero-order chi connectivity index (χ0) is 18.2. The van der Waals surface area contributed by atoms with Gasteiger partial charge in [-0.15, -0.1) is 5.10 Å². The molecule has 2 aromatic carbocycles. The number of pyridine rings is 1. The van der Waals surface area contributed by atoms with Gasteiger partial charge in [-0.25, -0.2) is 9.97 Å². The monoisotopic (exact) mass is 353 g/mol. The molecule has 5 rings (SSSR count). The van der Waals surface area contributed by atoms with Crippen LogP contribution in [0.5, 0.6) is 0 Å². The van der Waals surface area contributed by atoms with E-state index in [1.165, 1.54) is 0 Å². The SMILES string of the molecule is Cc1nc(Nc2nc(-c3nccc4ccccc34)nc3ccccc23)n[nH]1. The number of hydrogen-bond acceptors (Lipinski definition) is 6. The van der Waals surface area contributed by atoms with Gasteiger partial charge >= 0.3 is 0 Å². The lowest BCUT2D eigenvalue weighted by atomic mass is 10.1. The first-order valence-corrected chi connectivity index (χ1v) is 8.55. The minimum atomic E-state index is 0.466. The molecule has 0 saturated carbocycles. The summed E-state index contributed by atoms with van der Waals surface area (Å²) in [5, 5.41) is 13.2. The van der Waals surface area contributed by atoms with E-state index in [0.717, 1.165) is 33.2 Å². The van der Waals surface area contributed by atoms with E-state index < -0.39 is 0 Å². The van der Waals surface area contributed by atoms with Crippen molar-refractivity contribution in [1.82, 2.24) is 30.1 Å². The summed E-state index contributed by atoms with van der Waals surface area (Å²) in [6.07, 6.45) is 1.78. The van der Waals surface area contributed by atoms with Crippen LogP contribution in [0.1, 0.15) is 5.82 Å². The van der Waals surface area contributed by atoms with Crippen LogP contribution in [-0.2, 0) is 0 Å². The van der Waals surface area contributed by atoms with Gasteiger partial charge in [0.1, 0.15) is 17.3 Å². The summed E-state index contributed by atoms with van der Waals surface area (Å²) >= 11 is 0. The van der Waals surface area contributed by atoms with Crippen LogP contribution < -0.4 is 5.32 Å². The number of nitrogens with zero attached hydrogens (tertiary/aromatic N) is 5. The molecule has 0 bridgehead atoms. The number of anilines is 2. The molecule has 3 aromatic heterocycles. The third-order valence-electron chi connectivity index (χ3n) is 4.32. The summed E-state index contributed by atoms with van der Waals surface area (Å²) in [7, 11) is 0. The van der Waals surface area contributed by atoms with Crippen LogP contribution in [0, 0.1) is 6.92 Å². The van der Waals surface area contributed by atoms with E-state index in [-0.39, 0.29) is 0 Å². The van der Waals surface area contributed by atoms with Crippen molar-refractivity contribution in [3.8, 4) is 11.5 Å². The van der Waals surface area contributed by atoms with Crippen molar-refractivity contribution < 1.29 is 0 Å². The van der Waals surface area contributed by atoms with E-state index in [4.69, 9.17) is 9.97 Å². The van der Waals surface area contributed by atoms with Gasteiger partial charge in [-0.2, -0.15) is 4.98 Å². The fourth-order valence-electron chi connectivity index (χ4n) is 3.08. The maximum absolute atomic E-state index is 4.75. The predicted octanol–water partition coefficient (Wildman–Crippen LogP) is 4.02. The van der Waals surface area contributed by atoms with Gasteiger partial charge in [-0.1, -0.05) is 36.4 Å². The largest absolute Gasteiger partial charge is 0.307 e. The van der Waals surface area contributed by atoms with Gasteiger partial charge in [0.05, 0.1) is 5.52 Å². The predicted molar refractivity (Wildman–Crippen MR) is 105 cm³/mol. The fraction of sp³-hybridized carbons (Fsp3) is 0.0500. The Morgan fingerprint density at radius 1 is 0.852 bits per heavy atom. The number of rotatable bonds is 3. The molecule has 0 atom stereocenters. The molecule has 7 nitrogen and oxygen atoms in total. The third kappa shape index (κ3) is 2.75. The molecule has 0 fully saturated rings. The molecule has 7 heteroatoms. The Bertz CT molecular complexity index is 1270. The fourth-order valence-corrected chi connectivity index (χ4v) is 3.08. The number of hydrogen-bond donors (Lipinski definition) is 2. The normalized spacial score (nSPS) is 11.1. The lowest BCUT2D eigenvalue weighted by molar-refractivity contribution is 1.04. The number of nitrogens with one attached hydrogen (secondary N) is 2. The van der Waals surface area contributed by atoms with Crippen LogP contribution in [0.15, 0.2) is 60.8 Å². The lowest BCUT2D eigenvalue weighted by Crippen LogP contribution is -2.01. The molecule has 0 aliphatic carbocycles. The molecule has 0 aliphatic rings.